The van der Waals surface area contributed by atoms with E-state index < -0.39 is 19.2 Å². The summed E-state index contributed by atoms with van der Waals surface area (Å²) in [6, 6.07) is 16.0. The van der Waals surface area contributed by atoms with Gasteiger partial charge in [-0.25, -0.2) is 8.42 Å². The standard InChI is InChI=1S/C15H15BrO4S.C8H16O2.C6H10BrClO2S/c16-14-6-8-15(9-7-14)21(17,18)20-11-10-19-12-13-4-2-1-3-5-13;9-6-7-10-8-4-2-1-3-5-8;7-5-1-3-6(4-2-5)11(8,9)10/h1-9H,10-12H2;8-9H,1-7H2;5-6H,1-4H2. The predicted molar refractivity (Wildman–Crippen MR) is 173 cm³/mol. The lowest BCUT2D eigenvalue weighted by Gasteiger charge is -2.22. The summed E-state index contributed by atoms with van der Waals surface area (Å²) in [5, 5.41) is 8.16. The third kappa shape index (κ3) is 15.9. The molecule has 0 unspecified atom stereocenters. The van der Waals surface area contributed by atoms with Crippen molar-refractivity contribution >= 4 is 61.7 Å². The molecule has 0 bridgehead atoms. The SMILES string of the molecule is O=S(=O)(Cl)C1CCC(Br)CC1.O=S(=O)(OCCOCc1ccccc1)c1ccc(Br)cc1.OCCOC1CCCCC1. The highest BCUT2D eigenvalue weighted by atomic mass is 79.9. The van der Waals surface area contributed by atoms with Gasteiger partial charge in [-0.15, -0.1) is 0 Å². The van der Waals surface area contributed by atoms with Gasteiger partial charge >= 0.3 is 0 Å². The van der Waals surface area contributed by atoms with Crippen LogP contribution in [0.2, 0.25) is 0 Å². The largest absolute Gasteiger partial charge is 0.394 e. The minimum absolute atomic E-state index is 0.00870. The van der Waals surface area contributed by atoms with Crippen molar-refractivity contribution in [1.29, 1.82) is 0 Å². The van der Waals surface area contributed by atoms with Crippen LogP contribution in [0.5, 0.6) is 0 Å². The smallest absolute Gasteiger partial charge is 0.297 e. The second-order valence-electron chi connectivity index (χ2n) is 9.97. The van der Waals surface area contributed by atoms with Gasteiger partial charge in [0.1, 0.15) is 0 Å². The fraction of sp³-hybridized carbons (Fsp3) is 0.586. The molecule has 0 amide bonds. The molecule has 0 aromatic heterocycles. The average Bonchev–Trinajstić information content (AvgIpc) is 2.98. The Kier molecular flexibility index (Phi) is 18.3. The van der Waals surface area contributed by atoms with E-state index in [0.29, 0.717) is 37.0 Å². The van der Waals surface area contributed by atoms with Crippen LogP contribution in [0.25, 0.3) is 0 Å². The summed E-state index contributed by atoms with van der Waals surface area (Å²) < 4.78 is 61.9. The van der Waals surface area contributed by atoms with Crippen molar-refractivity contribution < 1.29 is 35.6 Å². The molecule has 42 heavy (non-hydrogen) atoms. The van der Waals surface area contributed by atoms with Crippen LogP contribution >= 0.6 is 42.5 Å². The maximum atomic E-state index is 11.9. The van der Waals surface area contributed by atoms with Crippen LogP contribution in [0.15, 0.2) is 64.0 Å². The van der Waals surface area contributed by atoms with Gasteiger partial charge in [-0.05, 0) is 68.4 Å². The zero-order valence-corrected chi connectivity index (χ0v) is 29.1. The van der Waals surface area contributed by atoms with E-state index in [1.807, 2.05) is 30.3 Å². The Hall–Kier alpha value is -0.570. The first-order valence-corrected chi connectivity index (χ1v) is 19.6. The molecule has 8 nitrogen and oxygen atoms in total. The number of ether oxygens (including phenoxy) is 2. The van der Waals surface area contributed by atoms with Crippen LogP contribution in [0.3, 0.4) is 0 Å². The predicted octanol–water partition coefficient (Wildman–Crippen LogP) is 6.96. The van der Waals surface area contributed by atoms with Gasteiger partial charge < -0.3 is 14.6 Å². The van der Waals surface area contributed by atoms with Crippen LogP contribution in [0.4, 0.5) is 0 Å². The highest BCUT2D eigenvalue weighted by Gasteiger charge is 2.28. The molecule has 2 fully saturated rings. The summed E-state index contributed by atoms with van der Waals surface area (Å²) >= 11 is 6.70. The molecule has 2 aromatic carbocycles. The van der Waals surface area contributed by atoms with Crippen molar-refractivity contribution in [1.82, 2.24) is 0 Å². The minimum atomic E-state index is -3.72. The normalized spacial score (nSPS) is 19.6. The summed E-state index contributed by atoms with van der Waals surface area (Å²) in [6.45, 7) is 1.32. The molecule has 2 aliphatic carbocycles. The van der Waals surface area contributed by atoms with Crippen molar-refractivity contribution in [2.75, 3.05) is 26.4 Å². The van der Waals surface area contributed by atoms with Crippen LogP contribution in [-0.4, -0.2) is 64.6 Å². The van der Waals surface area contributed by atoms with Gasteiger partial charge in [0.15, 0.2) is 0 Å². The van der Waals surface area contributed by atoms with Crippen molar-refractivity contribution in [2.24, 2.45) is 0 Å². The Balaban J connectivity index is 0.000000246. The molecular weight excluding hydrogens is 736 g/mol. The highest BCUT2D eigenvalue weighted by molar-refractivity contribution is 9.10. The topological polar surface area (TPSA) is 116 Å². The molecular formula is C29H41Br2ClO8S2. The van der Waals surface area contributed by atoms with Crippen molar-refractivity contribution in [3.8, 4) is 0 Å². The van der Waals surface area contributed by atoms with E-state index in [1.165, 1.54) is 44.2 Å². The number of halogens is 3. The lowest BCUT2D eigenvalue weighted by Crippen LogP contribution is -2.23. The summed E-state index contributed by atoms with van der Waals surface area (Å²) in [4.78, 5) is 0.617. The second kappa shape index (κ2) is 20.5. The van der Waals surface area contributed by atoms with E-state index in [1.54, 1.807) is 12.1 Å². The first-order valence-electron chi connectivity index (χ1n) is 14.1. The summed E-state index contributed by atoms with van der Waals surface area (Å²) in [5.41, 5.74) is 1.04. The number of alkyl halides is 1. The highest BCUT2D eigenvalue weighted by Crippen LogP contribution is 2.29. The maximum Gasteiger partial charge on any atom is 0.297 e. The quantitative estimate of drug-likeness (QED) is 0.113. The van der Waals surface area contributed by atoms with Crippen molar-refractivity contribution in [3.05, 3.63) is 64.6 Å². The van der Waals surface area contributed by atoms with Gasteiger partial charge in [0, 0.05) is 20.0 Å². The van der Waals surface area contributed by atoms with E-state index in [4.69, 9.17) is 29.4 Å². The Morgan fingerprint density at radius 3 is 2.00 bits per heavy atom. The molecule has 0 saturated heterocycles. The molecule has 0 radical (unpaired) electrons. The average molecular weight is 777 g/mol. The fourth-order valence-electron chi connectivity index (χ4n) is 4.39. The monoisotopic (exact) mass is 774 g/mol. The second-order valence-corrected chi connectivity index (χ2v) is 16.7. The number of benzene rings is 2. The third-order valence-corrected chi connectivity index (χ3v) is 11.5. The molecule has 0 atom stereocenters. The molecule has 0 heterocycles. The first-order chi connectivity index (χ1) is 20.0. The molecule has 13 heteroatoms. The minimum Gasteiger partial charge on any atom is -0.394 e. The Morgan fingerprint density at radius 1 is 0.810 bits per heavy atom. The molecule has 0 spiro atoms. The van der Waals surface area contributed by atoms with E-state index >= 15 is 0 Å². The molecule has 2 saturated carbocycles. The summed E-state index contributed by atoms with van der Waals surface area (Å²) in [5.74, 6) is 0. The van der Waals surface area contributed by atoms with Gasteiger partial charge in [0.05, 0.1) is 49.3 Å². The number of hydrogen-bond donors (Lipinski definition) is 1. The maximum absolute atomic E-state index is 11.9. The number of aliphatic hydroxyl groups is 1. The lowest BCUT2D eigenvalue weighted by molar-refractivity contribution is 0.00882. The van der Waals surface area contributed by atoms with Gasteiger partial charge in [0.2, 0.25) is 9.05 Å². The molecule has 4 rings (SSSR count). The molecule has 2 aromatic rings. The van der Waals surface area contributed by atoms with Gasteiger partial charge in [-0.2, -0.15) is 8.42 Å². The summed E-state index contributed by atoms with van der Waals surface area (Å²) in [7, 11) is -1.80. The van der Waals surface area contributed by atoms with E-state index in [0.717, 1.165) is 22.9 Å². The van der Waals surface area contributed by atoms with Crippen molar-refractivity contribution in [3.63, 3.8) is 0 Å². The fourth-order valence-corrected chi connectivity index (χ4v) is 7.45. The first kappa shape index (κ1) is 37.6. The van der Waals surface area contributed by atoms with E-state index in [-0.39, 0.29) is 30.0 Å². The molecule has 1 N–H and O–H groups in total. The lowest BCUT2D eigenvalue weighted by atomic mass is 9.98. The number of hydrogen-bond acceptors (Lipinski definition) is 8. The van der Waals surface area contributed by atoms with Crippen LogP contribution in [-0.2, 0) is 39.4 Å². The zero-order valence-electron chi connectivity index (χ0n) is 23.6. The van der Waals surface area contributed by atoms with Crippen LogP contribution in [0, 0.1) is 0 Å². The molecule has 238 valence electrons. The van der Waals surface area contributed by atoms with Crippen LogP contribution < -0.4 is 0 Å². The Bertz CT molecular complexity index is 1200. The number of rotatable bonds is 11. The van der Waals surface area contributed by atoms with Gasteiger partial charge in [0.25, 0.3) is 10.1 Å². The zero-order chi connectivity index (χ0) is 30.8. The van der Waals surface area contributed by atoms with Crippen molar-refractivity contribution in [2.45, 2.75) is 85.5 Å². The molecule has 2 aliphatic rings. The number of aliphatic hydroxyl groups excluding tert-OH is 1. The van der Waals surface area contributed by atoms with E-state index in [2.05, 4.69) is 31.9 Å². The van der Waals surface area contributed by atoms with Gasteiger partial charge in [-0.1, -0.05) is 81.5 Å². The Morgan fingerprint density at radius 2 is 1.43 bits per heavy atom. The van der Waals surface area contributed by atoms with E-state index in [9.17, 15) is 16.8 Å². The third-order valence-electron chi connectivity index (χ3n) is 6.68. The Labute approximate surface area is 272 Å². The molecule has 0 aliphatic heterocycles. The van der Waals surface area contributed by atoms with Crippen LogP contribution in [0.1, 0.15) is 63.4 Å². The summed E-state index contributed by atoms with van der Waals surface area (Å²) in [6.07, 6.45) is 10.0. The van der Waals surface area contributed by atoms with Gasteiger partial charge in [-0.3, -0.25) is 4.18 Å².